The molecule has 1 saturated carbocycles. The second-order valence-electron chi connectivity index (χ2n) is 4.17. The van der Waals surface area contributed by atoms with E-state index in [1.807, 2.05) is 0 Å². The van der Waals surface area contributed by atoms with Gasteiger partial charge in [0.15, 0.2) is 0 Å². The molecule has 0 aromatic heterocycles. The lowest BCUT2D eigenvalue weighted by Gasteiger charge is -2.24. The average molecular weight is 226 g/mol. The van der Waals surface area contributed by atoms with Gasteiger partial charge in [-0.1, -0.05) is 20.3 Å². The third-order valence-electron chi connectivity index (χ3n) is 3.11. The van der Waals surface area contributed by atoms with Gasteiger partial charge in [0.05, 0.1) is 12.5 Å². The quantitative estimate of drug-likeness (QED) is 0.756. The number of nitrogens with zero attached hydrogens (tertiary/aromatic N) is 1. The fourth-order valence-corrected chi connectivity index (χ4v) is 3.47. The van der Waals surface area contributed by atoms with E-state index in [0.717, 1.165) is 11.7 Å². The molecule has 0 radical (unpaired) electrons. The number of nitriles is 1. The molecule has 0 aromatic rings. The van der Waals surface area contributed by atoms with E-state index < -0.39 is 0 Å². The first-order chi connectivity index (χ1) is 7.31. The number of hydrogen-bond acceptors (Lipinski definition) is 3. The lowest BCUT2D eigenvalue weighted by Crippen LogP contribution is -2.41. The van der Waals surface area contributed by atoms with Gasteiger partial charge in [0.2, 0.25) is 0 Å². The number of thioether (sulfide) groups is 1. The van der Waals surface area contributed by atoms with Gasteiger partial charge >= 0.3 is 0 Å². The van der Waals surface area contributed by atoms with Gasteiger partial charge < -0.3 is 5.32 Å². The second kappa shape index (κ2) is 7.14. The Bertz CT molecular complexity index is 212. The molecule has 3 unspecified atom stereocenters. The van der Waals surface area contributed by atoms with E-state index in [9.17, 15) is 0 Å². The van der Waals surface area contributed by atoms with Crippen molar-refractivity contribution < 1.29 is 0 Å². The molecular formula is C12H22N2S. The van der Waals surface area contributed by atoms with Crippen LogP contribution < -0.4 is 5.32 Å². The van der Waals surface area contributed by atoms with E-state index in [4.69, 9.17) is 5.26 Å². The molecule has 0 aliphatic heterocycles. The summed E-state index contributed by atoms with van der Waals surface area (Å²) in [6.07, 6.45) is 5.70. The van der Waals surface area contributed by atoms with Gasteiger partial charge in [0.1, 0.15) is 0 Å². The lowest BCUT2D eigenvalue weighted by molar-refractivity contribution is 0.429. The summed E-state index contributed by atoms with van der Waals surface area (Å²) in [5.74, 6) is 1.21. The van der Waals surface area contributed by atoms with Crippen LogP contribution in [0.4, 0.5) is 0 Å². The molecule has 0 spiro atoms. The first-order valence-corrected chi connectivity index (χ1v) is 7.11. The summed E-state index contributed by atoms with van der Waals surface area (Å²) >= 11 is 2.07. The summed E-state index contributed by atoms with van der Waals surface area (Å²) in [5.41, 5.74) is 0. The molecular weight excluding hydrogens is 204 g/mol. The molecule has 3 atom stereocenters. The molecule has 0 bridgehead atoms. The Labute approximate surface area is 97.8 Å². The Morgan fingerprint density at radius 2 is 2.27 bits per heavy atom. The molecule has 1 aliphatic carbocycles. The van der Waals surface area contributed by atoms with Crippen molar-refractivity contribution in [3.63, 3.8) is 0 Å². The van der Waals surface area contributed by atoms with Crippen LogP contribution in [-0.2, 0) is 0 Å². The zero-order valence-corrected chi connectivity index (χ0v) is 10.6. The SMILES string of the molecule is CCSC1CCCC1NC(CC)CC#N. The highest BCUT2D eigenvalue weighted by molar-refractivity contribution is 7.99. The minimum atomic E-state index is 0.401. The topological polar surface area (TPSA) is 35.8 Å². The van der Waals surface area contributed by atoms with Crippen molar-refractivity contribution >= 4 is 11.8 Å². The van der Waals surface area contributed by atoms with Gasteiger partial charge in [0.25, 0.3) is 0 Å². The number of nitrogens with one attached hydrogen (secondary N) is 1. The number of hydrogen-bond donors (Lipinski definition) is 1. The molecule has 15 heavy (non-hydrogen) atoms. The van der Waals surface area contributed by atoms with Gasteiger partial charge in [-0.2, -0.15) is 17.0 Å². The largest absolute Gasteiger partial charge is 0.309 e. The Kier molecular flexibility index (Phi) is 6.12. The van der Waals surface area contributed by atoms with Crippen LogP contribution in [0.1, 0.15) is 46.0 Å². The van der Waals surface area contributed by atoms with Gasteiger partial charge in [0, 0.05) is 17.3 Å². The maximum atomic E-state index is 8.72. The van der Waals surface area contributed by atoms with Crippen molar-refractivity contribution in [2.75, 3.05) is 5.75 Å². The van der Waals surface area contributed by atoms with Crippen LogP contribution in [0, 0.1) is 11.3 Å². The summed E-state index contributed by atoms with van der Waals surface area (Å²) in [4.78, 5) is 0. The van der Waals surface area contributed by atoms with E-state index >= 15 is 0 Å². The van der Waals surface area contributed by atoms with Crippen LogP contribution in [0.3, 0.4) is 0 Å². The molecule has 0 heterocycles. The molecule has 3 heteroatoms. The molecule has 86 valence electrons. The summed E-state index contributed by atoms with van der Waals surface area (Å²) in [5, 5.41) is 13.2. The third-order valence-corrected chi connectivity index (χ3v) is 4.44. The smallest absolute Gasteiger partial charge is 0.0638 e. The molecule has 0 saturated heterocycles. The monoisotopic (exact) mass is 226 g/mol. The van der Waals surface area contributed by atoms with Gasteiger partial charge in [-0.05, 0) is 25.0 Å². The van der Waals surface area contributed by atoms with Crippen LogP contribution in [0.5, 0.6) is 0 Å². The molecule has 1 rings (SSSR count). The van der Waals surface area contributed by atoms with E-state index in [1.165, 1.54) is 25.0 Å². The molecule has 0 amide bonds. The van der Waals surface area contributed by atoms with E-state index in [0.29, 0.717) is 18.5 Å². The molecule has 1 N–H and O–H groups in total. The minimum Gasteiger partial charge on any atom is -0.309 e. The van der Waals surface area contributed by atoms with Crippen LogP contribution >= 0.6 is 11.8 Å². The number of rotatable bonds is 6. The van der Waals surface area contributed by atoms with Crippen molar-refractivity contribution in [3.05, 3.63) is 0 Å². The molecule has 1 fully saturated rings. The third kappa shape index (κ3) is 4.04. The normalized spacial score (nSPS) is 27.5. The summed E-state index contributed by atoms with van der Waals surface area (Å²) in [7, 11) is 0. The van der Waals surface area contributed by atoms with Crippen molar-refractivity contribution in [1.29, 1.82) is 5.26 Å². The minimum absolute atomic E-state index is 0.401. The highest BCUT2D eigenvalue weighted by Crippen LogP contribution is 2.30. The van der Waals surface area contributed by atoms with E-state index in [-0.39, 0.29) is 0 Å². The predicted octanol–water partition coefficient (Wildman–Crippen LogP) is 2.94. The Morgan fingerprint density at radius 3 is 2.87 bits per heavy atom. The lowest BCUT2D eigenvalue weighted by atomic mass is 10.1. The van der Waals surface area contributed by atoms with Crippen molar-refractivity contribution in [2.45, 2.75) is 63.3 Å². The highest BCUT2D eigenvalue weighted by atomic mass is 32.2. The van der Waals surface area contributed by atoms with Crippen LogP contribution in [0.15, 0.2) is 0 Å². The van der Waals surface area contributed by atoms with Crippen LogP contribution in [0.2, 0.25) is 0 Å². The van der Waals surface area contributed by atoms with E-state index in [2.05, 4.69) is 37.0 Å². The fourth-order valence-electron chi connectivity index (χ4n) is 2.26. The summed E-state index contributed by atoms with van der Waals surface area (Å²) in [6, 6.07) is 3.32. The molecule has 2 nitrogen and oxygen atoms in total. The second-order valence-corrected chi connectivity index (χ2v) is 5.68. The standard InChI is InChI=1S/C12H22N2S/c1-3-10(8-9-13)14-11-6-5-7-12(11)15-4-2/h10-12,14H,3-8H2,1-2H3. The van der Waals surface area contributed by atoms with Gasteiger partial charge in [-0.3, -0.25) is 0 Å². The zero-order chi connectivity index (χ0) is 11.1. The van der Waals surface area contributed by atoms with Crippen LogP contribution in [-0.4, -0.2) is 23.1 Å². The van der Waals surface area contributed by atoms with Crippen molar-refractivity contribution in [1.82, 2.24) is 5.32 Å². The first-order valence-electron chi connectivity index (χ1n) is 6.06. The van der Waals surface area contributed by atoms with Crippen LogP contribution in [0.25, 0.3) is 0 Å². The zero-order valence-electron chi connectivity index (χ0n) is 9.83. The average Bonchev–Trinajstić information content (AvgIpc) is 2.66. The van der Waals surface area contributed by atoms with Crippen molar-refractivity contribution in [3.8, 4) is 6.07 Å². The van der Waals surface area contributed by atoms with Crippen molar-refractivity contribution in [2.24, 2.45) is 0 Å². The summed E-state index contributed by atoms with van der Waals surface area (Å²) in [6.45, 7) is 4.39. The maximum absolute atomic E-state index is 8.72. The Hall–Kier alpha value is -0.200. The fraction of sp³-hybridized carbons (Fsp3) is 0.917. The molecule has 0 aromatic carbocycles. The first kappa shape index (κ1) is 12.9. The summed E-state index contributed by atoms with van der Waals surface area (Å²) < 4.78 is 0. The van der Waals surface area contributed by atoms with Gasteiger partial charge in [-0.25, -0.2) is 0 Å². The highest BCUT2D eigenvalue weighted by Gasteiger charge is 2.28. The van der Waals surface area contributed by atoms with E-state index in [1.54, 1.807) is 0 Å². The maximum Gasteiger partial charge on any atom is 0.0638 e. The van der Waals surface area contributed by atoms with Gasteiger partial charge in [-0.15, -0.1) is 0 Å². The Balaban J connectivity index is 2.38. The predicted molar refractivity (Wildman–Crippen MR) is 67.0 cm³/mol. The Morgan fingerprint density at radius 1 is 1.47 bits per heavy atom. The molecule has 1 aliphatic rings.